The smallest absolute Gasteiger partial charge is 0.211 e. The Balaban J connectivity index is 2.55. The fraction of sp³-hybridized carbons (Fsp3) is 0.765. The molecule has 0 fully saturated rings. The number of hydrogen-bond donors (Lipinski definition) is 3. The van der Waals surface area contributed by atoms with E-state index in [0.717, 1.165) is 24.6 Å². The van der Waals surface area contributed by atoms with Gasteiger partial charge in [0.15, 0.2) is 5.96 Å². The van der Waals surface area contributed by atoms with Crippen molar-refractivity contribution >= 4 is 16.0 Å². The Morgan fingerprint density at radius 3 is 2.54 bits per heavy atom. The number of aliphatic imine (C=N–C) groups is 1. The molecule has 150 valence electrons. The van der Waals surface area contributed by atoms with Crippen LogP contribution in [0.25, 0.3) is 0 Å². The summed E-state index contributed by atoms with van der Waals surface area (Å²) in [5, 5.41) is 11.1. The summed E-state index contributed by atoms with van der Waals surface area (Å²) >= 11 is 0. The number of aromatic nitrogens is 2. The lowest BCUT2D eigenvalue weighted by atomic mass is 10.1. The van der Waals surface area contributed by atoms with Crippen molar-refractivity contribution in [2.24, 2.45) is 12.0 Å². The SMILES string of the molecule is CCNC(=NCCCNS(=O)(=O)CC)NC(C)Cc1c(C)nn(C)c1C. The van der Waals surface area contributed by atoms with Gasteiger partial charge in [0, 0.05) is 38.4 Å². The third kappa shape index (κ3) is 7.33. The molecule has 26 heavy (non-hydrogen) atoms. The van der Waals surface area contributed by atoms with E-state index in [9.17, 15) is 8.42 Å². The summed E-state index contributed by atoms with van der Waals surface area (Å²) in [6.07, 6.45) is 1.53. The molecule has 1 unspecified atom stereocenters. The van der Waals surface area contributed by atoms with Crippen molar-refractivity contribution in [1.82, 2.24) is 25.1 Å². The normalized spacial score (nSPS) is 13.7. The molecule has 1 heterocycles. The minimum absolute atomic E-state index is 0.102. The van der Waals surface area contributed by atoms with Gasteiger partial charge in [0.2, 0.25) is 10.0 Å². The molecule has 8 nitrogen and oxygen atoms in total. The highest BCUT2D eigenvalue weighted by atomic mass is 32.2. The van der Waals surface area contributed by atoms with Gasteiger partial charge in [0.1, 0.15) is 0 Å². The van der Waals surface area contributed by atoms with E-state index in [1.165, 1.54) is 11.3 Å². The molecule has 1 rings (SSSR count). The van der Waals surface area contributed by atoms with Crippen molar-refractivity contribution in [3.8, 4) is 0 Å². The molecule has 1 aromatic rings. The molecule has 0 bridgehead atoms. The van der Waals surface area contributed by atoms with Gasteiger partial charge in [-0.1, -0.05) is 0 Å². The average molecular weight is 387 g/mol. The fourth-order valence-corrected chi connectivity index (χ4v) is 3.28. The van der Waals surface area contributed by atoms with Gasteiger partial charge in [-0.2, -0.15) is 5.10 Å². The van der Waals surface area contributed by atoms with Crippen LogP contribution in [0, 0.1) is 13.8 Å². The number of guanidine groups is 1. The topological polar surface area (TPSA) is 100 Å². The molecule has 0 spiro atoms. The first kappa shape index (κ1) is 22.4. The Morgan fingerprint density at radius 1 is 1.31 bits per heavy atom. The molecule has 0 amide bonds. The van der Waals surface area contributed by atoms with Crippen molar-refractivity contribution in [2.75, 3.05) is 25.4 Å². The van der Waals surface area contributed by atoms with Gasteiger partial charge in [-0.05, 0) is 53.0 Å². The van der Waals surface area contributed by atoms with Crippen LogP contribution in [0.5, 0.6) is 0 Å². The maximum atomic E-state index is 11.4. The second-order valence-corrected chi connectivity index (χ2v) is 8.53. The lowest BCUT2D eigenvalue weighted by molar-refractivity contribution is 0.580. The zero-order chi connectivity index (χ0) is 19.7. The van der Waals surface area contributed by atoms with Crippen LogP contribution in [0.1, 0.15) is 44.1 Å². The molecule has 0 aliphatic rings. The van der Waals surface area contributed by atoms with Crippen LogP contribution in [0.2, 0.25) is 0 Å². The molecule has 9 heteroatoms. The lowest BCUT2D eigenvalue weighted by Gasteiger charge is -2.18. The van der Waals surface area contributed by atoms with E-state index in [2.05, 4.69) is 39.3 Å². The molecule has 0 aromatic carbocycles. The quantitative estimate of drug-likeness (QED) is 0.314. The van der Waals surface area contributed by atoms with E-state index in [4.69, 9.17) is 0 Å². The molecular formula is C17H34N6O2S. The first-order chi connectivity index (χ1) is 12.2. The minimum Gasteiger partial charge on any atom is -0.357 e. The molecule has 1 atom stereocenters. The molecule has 0 saturated carbocycles. The van der Waals surface area contributed by atoms with E-state index in [1.807, 2.05) is 25.6 Å². The number of aryl methyl sites for hydroxylation is 2. The molecule has 1 aromatic heterocycles. The lowest BCUT2D eigenvalue weighted by Crippen LogP contribution is -2.43. The molecule has 0 radical (unpaired) electrons. The zero-order valence-electron chi connectivity index (χ0n) is 16.9. The van der Waals surface area contributed by atoms with Crippen LogP contribution in [0.3, 0.4) is 0 Å². The van der Waals surface area contributed by atoms with E-state index >= 15 is 0 Å². The van der Waals surface area contributed by atoms with E-state index < -0.39 is 10.0 Å². The summed E-state index contributed by atoms with van der Waals surface area (Å²) in [6.45, 7) is 11.6. The predicted octanol–water partition coefficient (Wildman–Crippen LogP) is 0.852. The first-order valence-electron chi connectivity index (χ1n) is 9.21. The molecule has 0 saturated heterocycles. The number of nitrogens with one attached hydrogen (secondary N) is 3. The number of nitrogens with zero attached hydrogens (tertiary/aromatic N) is 3. The van der Waals surface area contributed by atoms with Crippen LogP contribution >= 0.6 is 0 Å². The van der Waals surface area contributed by atoms with E-state index in [1.54, 1.807) is 6.92 Å². The molecule has 3 N–H and O–H groups in total. The molecular weight excluding hydrogens is 352 g/mol. The minimum atomic E-state index is -3.13. The van der Waals surface area contributed by atoms with Gasteiger partial charge in [-0.15, -0.1) is 0 Å². The highest BCUT2D eigenvalue weighted by Gasteiger charge is 2.14. The van der Waals surface area contributed by atoms with E-state index in [0.29, 0.717) is 19.5 Å². The summed E-state index contributed by atoms with van der Waals surface area (Å²) in [7, 11) is -1.17. The van der Waals surface area contributed by atoms with Gasteiger partial charge in [-0.3, -0.25) is 9.67 Å². The monoisotopic (exact) mass is 386 g/mol. The Kier molecular flexibility index (Phi) is 9.07. The van der Waals surface area contributed by atoms with Crippen LogP contribution in [-0.4, -0.2) is 55.6 Å². The Labute approximate surface area is 157 Å². The number of rotatable bonds is 10. The highest BCUT2D eigenvalue weighted by Crippen LogP contribution is 2.14. The van der Waals surface area contributed by atoms with Crippen LogP contribution in [-0.2, 0) is 23.5 Å². The van der Waals surface area contributed by atoms with Crippen LogP contribution < -0.4 is 15.4 Å². The second kappa shape index (κ2) is 10.5. The summed E-state index contributed by atoms with van der Waals surface area (Å²) in [5.41, 5.74) is 3.50. The standard InChI is InChI=1S/C17H34N6O2S/c1-7-18-17(19-10-9-11-20-26(24,25)8-2)21-13(3)12-16-14(4)22-23(6)15(16)5/h13,20H,7-12H2,1-6H3,(H2,18,19,21). The van der Waals surface area contributed by atoms with Crippen molar-refractivity contribution in [3.05, 3.63) is 17.0 Å². The fourth-order valence-electron chi connectivity index (χ4n) is 2.62. The summed E-state index contributed by atoms with van der Waals surface area (Å²) in [6, 6.07) is 0.202. The third-order valence-electron chi connectivity index (χ3n) is 4.20. The van der Waals surface area contributed by atoms with Crippen molar-refractivity contribution in [1.29, 1.82) is 0 Å². The second-order valence-electron chi connectivity index (χ2n) is 6.43. The first-order valence-corrected chi connectivity index (χ1v) is 10.9. The predicted molar refractivity (Wildman–Crippen MR) is 107 cm³/mol. The van der Waals surface area contributed by atoms with Gasteiger partial charge >= 0.3 is 0 Å². The number of hydrogen-bond acceptors (Lipinski definition) is 4. The van der Waals surface area contributed by atoms with E-state index in [-0.39, 0.29) is 11.8 Å². The van der Waals surface area contributed by atoms with Crippen LogP contribution in [0.15, 0.2) is 4.99 Å². The Morgan fingerprint density at radius 2 is 2.00 bits per heavy atom. The van der Waals surface area contributed by atoms with Crippen molar-refractivity contribution in [3.63, 3.8) is 0 Å². The van der Waals surface area contributed by atoms with Crippen molar-refractivity contribution < 1.29 is 8.42 Å². The Hall–Kier alpha value is -1.61. The number of sulfonamides is 1. The van der Waals surface area contributed by atoms with Crippen LogP contribution in [0.4, 0.5) is 0 Å². The largest absolute Gasteiger partial charge is 0.357 e. The molecule has 0 aliphatic carbocycles. The maximum absolute atomic E-state index is 11.4. The van der Waals surface area contributed by atoms with Gasteiger partial charge in [-0.25, -0.2) is 13.1 Å². The van der Waals surface area contributed by atoms with Gasteiger partial charge in [0.25, 0.3) is 0 Å². The maximum Gasteiger partial charge on any atom is 0.211 e. The van der Waals surface area contributed by atoms with Gasteiger partial charge < -0.3 is 10.6 Å². The summed E-state index contributed by atoms with van der Waals surface area (Å²) < 4.78 is 27.3. The average Bonchev–Trinajstić information content (AvgIpc) is 2.81. The molecule has 0 aliphatic heterocycles. The summed E-state index contributed by atoms with van der Waals surface area (Å²) in [4.78, 5) is 4.53. The third-order valence-corrected chi connectivity index (χ3v) is 5.61. The summed E-state index contributed by atoms with van der Waals surface area (Å²) in [5.74, 6) is 0.850. The Bertz CT molecular complexity index is 696. The van der Waals surface area contributed by atoms with Crippen molar-refractivity contribution in [2.45, 2.75) is 53.5 Å². The zero-order valence-corrected chi connectivity index (χ0v) is 17.7. The highest BCUT2D eigenvalue weighted by molar-refractivity contribution is 7.89. The van der Waals surface area contributed by atoms with Gasteiger partial charge in [0.05, 0.1) is 11.4 Å².